The molecule has 37 heavy (non-hydrogen) atoms. The van der Waals surface area contributed by atoms with Crippen LogP contribution in [-0.4, -0.2) is 35.6 Å². The summed E-state index contributed by atoms with van der Waals surface area (Å²) in [5.41, 5.74) is 1.99. The Morgan fingerprint density at radius 2 is 1.68 bits per heavy atom. The molecule has 0 radical (unpaired) electrons. The van der Waals surface area contributed by atoms with Crippen LogP contribution < -0.4 is 4.74 Å². The first-order valence-electron chi connectivity index (χ1n) is 14.6. The topological polar surface area (TPSA) is 53.5 Å². The Labute approximate surface area is 224 Å². The molecule has 2 aromatic rings. The minimum absolute atomic E-state index is 0.0132. The first-order chi connectivity index (χ1) is 18.2. The summed E-state index contributed by atoms with van der Waals surface area (Å²) in [6.07, 6.45) is 20.4. The summed E-state index contributed by atoms with van der Waals surface area (Å²) in [5, 5.41) is 0. The molecule has 1 aliphatic heterocycles. The van der Waals surface area contributed by atoms with Crippen LogP contribution in [0.3, 0.4) is 0 Å². The van der Waals surface area contributed by atoms with Gasteiger partial charge in [-0.05, 0) is 69.7 Å². The number of hydrogen-bond acceptors (Lipinski definition) is 5. The minimum Gasteiger partial charge on any atom is -0.490 e. The van der Waals surface area contributed by atoms with Crippen molar-refractivity contribution in [2.24, 2.45) is 0 Å². The lowest BCUT2D eigenvalue weighted by Gasteiger charge is -2.25. The van der Waals surface area contributed by atoms with Gasteiger partial charge >= 0.3 is 0 Å². The smallest absolute Gasteiger partial charge is 0.159 e. The van der Waals surface area contributed by atoms with Crippen LogP contribution >= 0.6 is 0 Å². The van der Waals surface area contributed by atoms with Crippen molar-refractivity contribution in [1.29, 1.82) is 0 Å². The predicted molar refractivity (Wildman–Crippen MR) is 150 cm³/mol. The largest absolute Gasteiger partial charge is 0.490 e. The summed E-state index contributed by atoms with van der Waals surface area (Å²) in [4.78, 5) is 8.97. The molecule has 0 aliphatic carbocycles. The molecule has 202 valence electrons. The van der Waals surface area contributed by atoms with Crippen molar-refractivity contribution >= 4 is 0 Å². The van der Waals surface area contributed by atoms with Crippen LogP contribution in [-0.2, 0) is 9.47 Å². The van der Waals surface area contributed by atoms with Crippen LogP contribution in [0.4, 0.5) is 0 Å². The van der Waals surface area contributed by atoms with Crippen LogP contribution in [0.5, 0.6) is 5.75 Å². The number of benzene rings is 1. The Balaban J connectivity index is 1.30. The standard InChI is InChI=1S/C32H46N2O3/c1-3-4-5-6-7-8-9-14-23-35-30-25-33-32(34-26-30)29-21-19-28(20-22-29)17-12-10-11-16-27(2)37-31-18-13-15-24-36-31/h19-22,25-27,31H,3-11,13-16,18,23-24H2,1-2H3. The molecule has 1 aliphatic rings. The molecule has 2 unspecified atom stereocenters. The molecule has 0 amide bonds. The van der Waals surface area contributed by atoms with Gasteiger partial charge in [0.2, 0.25) is 0 Å². The molecule has 1 fully saturated rings. The number of rotatable bonds is 16. The molecule has 2 heterocycles. The number of nitrogens with zero attached hydrogens (tertiary/aromatic N) is 2. The highest BCUT2D eigenvalue weighted by Gasteiger charge is 2.16. The highest BCUT2D eigenvalue weighted by molar-refractivity contribution is 5.56. The van der Waals surface area contributed by atoms with Crippen molar-refractivity contribution in [3.63, 3.8) is 0 Å². The molecular formula is C32H46N2O3. The second-order valence-corrected chi connectivity index (χ2v) is 10.1. The molecule has 3 rings (SSSR count). The first-order valence-corrected chi connectivity index (χ1v) is 14.6. The van der Waals surface area contributed by atoms with Gasteiger partial charge in [-0.2, -0.15) is 0 Å². The highest BCUT2D eigenvalue weighted by atomic mass is 16.7. The lowest BCUT2D eigenvalue weighted by atomic mass is 10.1. The van der Waals surface area contributed by atoms with E-state index in [0.29, 0.717) is 5.82 Å². The third-order valence-electron chi connectivity index (χ3n) is 6.71. The maximum atomic E-state index is 5.98. The second kappa shape index (κ2) is 17.9. The molecule has 2 atom stereocenters. The van der Waals surface area contributed by atoms with E-state index >= 15 is 0 Å². The summed E-state index contributed by atoms with van der Waals surface area (Å²) in [6, 6.07) is 8.12. The van der Waals surface area contributed by atoms with Crippen molar-refractivity contribution in [2.45, 2.75) is 116 Å². The maximum absolute atomic E-state index is 5.98. The van der Waals surface area contributed by atoms with Crippen molar-refractivity contribution in [2.75, 3.05) is 13.2 Å². The lowest BCUT2D eigenvalue weighted by molar-refractivity contribution is -0.185. The Bertz CT molecular complexity index is 912. The molecule has 1 saturated heterocycles. The van der Waals surface area contributed by atoms with Crippen molar-refractivity contribution in [3.8, 4) is 29.0 Å². The molecule has 5 heteroatoms. The SMILES string of the molecule is CCCCCCCCCCOc1cnc(-c2ccc(C#CCCCC(C)OC3CCCCO3)cc2)nc1. The van der Waals surface area contributed by atoms with E-state index in [4.69, 9.17) is 14.2 Å². The van der Waals surface area contributed by atoms with Crippen LogP contribution in [0, 0.1) is 11.8 Å². The first kappa shape index (κ1) is 29.1. The van der Waals surface area contributed by atoms with Crippen LogP contribution in [0.2, 0.25) is 0 Å². The molecular weight excluding hydrogens is 460 g/mol. The van der Waals surface area contributed by atoms with Crippen molar-refractivity contribution < 1.29 is 14.2 Å². The number of unbranched alkanes of at least 4 members (excludes halogenated alkanes) is 8. The lowest BCUT2D eigenvalue weighted by Crippen LogP contribution is -2.26. The van der Waals surface area contributed by atoms with E-state index in [1.807, 2.05) is 24.3 Å². The second-order valence-electron chi connectivity index (χ2n) is 10.1. The number of hydrogen-bond donors (Lipinski definition) is 0. The van der Waals surface area contributed by atoms with Gasteiger partial charge in [-0.25, -0.2) is 9.97 Å². The van der Waals surface area contributed by atoms with Crippen LogP contribution in [0.25, 0.3) is 11.4 Å². The molecule has 1 aromatic heterocycles. The average Bonchev–Trinajstić information content (AvgIpc) is 2.93. The third-order valence-corrected chi connectivity index (χ3v) is 6.71. The van der Waals surface area contributed by atoms with E-state index in [2.05, 4.69) is 35.7 Å². The zero-order valence-corrected chi connectivity index (χ0v) is 23.1. The quantitative estimate of drug-likeness (QED) is 0.170. The van der Waals surface area contributed by atoms with E-state index in [0.717, 1.165) is 68.6 Å². The number of ether oxygens (including phenoxy) is 3. The fourth-order valence-electron chi connectivity index (χ4n) is 4.46. The van der Waals surface area contributed by atoms with Gasteiger partial charge in [0.15, 0.2) is 17.9 Å². The maximum Gasteiger partial charge on any atom is 0.159 e. The highest BCUT2D eigenvalue weighted by Crippen LogP contribution is 2.19. The van der Waals surface area contributed by atoms with Gasteiger partial charge in [0, 0.05) is 24.2 Å². The zero-order chi connectivity index (χ0) is 26.0. The fraction of sp³-hybridized carbons (Fsp3) is 0.625. The third kappa shape index (κ3) is 12.1. The summed E-state index contributed by atoms with van der Waals surface area (Å²) in [5.74, 6) is 7.99. The molecule has 0 bridgehead atoms. The summed E-state index contributed by atoms with van der Waals surface area (Å²) in [7, 11) is 0. The van der Waals surface area contributed by atoms with Gasteiger partial charge in [0.25, 0.3) is 0 Å². The van der Waals surface area contributed by atoms with Crippen molar-refractivity contribution in [1.82, 2.24) is 9.97 Å². The molecule has 5 nitrogen and oxygen atoms in total. The monoisotopic (exact) mass is 506 g/mol. The average molecular weight is 507 g/mol. The van der Waals surface area contributed by atoms with Gasteiger partial charge in [-0.15, -0.1) is 0 Å². The minimum atomic E-state index is -0.0132. The number of aromatic nitrogens is 2. The Morgan fingerprint density at radius 3 is 2.38 bits per heavy atom. The summed E-state index contributed by atoms with van der Waals surface area (Å²) in [6.45, 7) is 5.94. The zero-order valence-electron chi connectivity index (χ0n) is 23.1. The molecule has 1 aromatic carbocycles. The normalized spacial score (nSPS) is 16.1. The van der Waals surface area contributed by atoms with E-state index in [1.165, 1.54) is 51.4 Å². The van der Waals surface area contributed by atoms with Gasteiger partial charge in [0.1, 0.15) is 0 Å². The van der Waals surface area contributed by atoms with E-state index in [1.54, 1.807) is 12.4 Å². The van der Waals surface area contributed by atoms with Gasteiger partial charge < -0.3 is 14.2 Å². The molecule has 0 spiro atoms. The Morgan fingerprint density at radius 1 is 0.946 bits per heavy atom. The summed E-state index contributed by atoms with van der Waals surface area (Å²) < 4.78 is 17.5. The fourth-order valence-corrected chi connectivity index (χ4v) is 4.46. The summed E-state index contributed by atoms with van der Waals surface area (Å²) >= 11 is 0. The van der Waals surface area contributed by atoms with Gasteiger partial charge in [-0.3, -0.25) is 0 Å². The van der Waals surface area contributed by atoms with E-state index in [-0.39, 0.29) is 12.4 Å². The van der Waals surface area contributed by atoms with Gasteiger partial charge in [0.05, 0.1) is 25.1 Å². The van der Waals surface area contributed by atoms with E-state index < -0.39 is 0 Å². The van der Waals surface area contributed by atoms with E-state index in [9.17, 15) is 0 Å². The van der Waals surface area contributed by atoms with Crippen LogP contribution in [0.1, 0.15) is 109 Å². The molecule has 0 N–H and O–H groups in total. The predicted octanol–water partition coefficient (Wildman–Crippen LogP) is 8.12. The Kier molecular flexibility index (Phi) is 14.1. The van der Waals surface area contributed by atoms with Crippen LogP contribution in [0.15, 0.2) is 36.7 Å². The van der Waals surface area contributed by atoms with Gasteiger partial charge in [-0.1, -0.05) is 63.7 Å². The Hall–Kier alpha value is -2.42. The van der Waals surface area contributed by atoms with Crippen molar-refractivity contribution in [3.05, 3.63) is 42.2 Å². The molecule has 0 saturated carbocycles.